The molecule has 0 unspecified atom stereocenters. The number of hydrogen-bond acceptors (Lipinski definition) is 2. The molecule has 0 fully saturated rings. The molecule has 0 bridgehead atoms. The van der Waals surface area contributed by atoms with E-state index in [4.69, 9.17) is 0 Å². The molecule has 0 atom stereocenters. The van der Waals surface area contributed by atoms with Crippen molar-refractivity contribution >= 4 is 5.91 Å². The van der Waals surface area contributed by atoms with Crippen LogP contribution < -0.4 is 5.32 Å². The second kappa shape index (κ2) is 7.52. The van der Waals surface area contributed by atoms with E-state index in [2.05, 4.69) is 10.4 Å². The molecule has 1 amide bonds. The van der Waals surface area contributed by atoms with Crippen molar-refractivity contribution in [3.05, 3.63) is 71.7 Å². The van der Waals surface area contributed by atoms with Gasteiger partial charge in [0.05, 0.1) is 11.4 Å². The summed E-state index contributed by atoms with van der Waals surface area (Å²) in [5, 5.41) is 7.54. The number of amides is 1. The van der Waals surface area contributed by atoms with Crippen LogP contribution in [0.5, 0.6) is 0 Å². The van der Waals surface area contributed by atoms with Crippen LogP contribution in [0.25, 0.3) is 16.9 Å². The van der Waals surface area contributed by atoms with Crippen molar-refractivity contribution in [1.29, 1.82) is 0 Å². The summed E-state index contributed by atoms with van der Waals surface area (Å²) >= 11 is 0. The summed E-state index contributed by atoms with van der Waals surface area (Å²) in [4.78, 5) is 12.7. The Morgan fingerprint density at radius 1 is 1.15 bits per heavy atom. The van der Waals surface area contributed by atoms with Crippen molar-refractivity contribution < 1.29 is 9.18 Å². The van der Waals surface area contributed by atoms with Gasteiger partial charge in [-0.25, -0.2) is 9.07 Å². The SMILES string of the molecule is Cc1cccc(-n2nc(-c3ccc(F)cc3)cc2C(=O)NCC(C)C)c1. The molecule has 5 heteroatoms. The number of carbonyl (C=O) groups is 1. The average Bonchev–Trinajstić information content (AvgIpc) is 3.05. The van der Waals surface area contributed by atoms with Gasteiger partial charge >= 0.3 is 0 Å². The molecule has 1 N–H and O–H groups in total. The maximum Gasteiger partial charge on any atom is 0.270 e. The number of benzene rings is 2. The minimum absolute atomic E-state index is 0.180. The molecule has 2 aromatic carbocycles. The Labute approximate surface area is 152 Å². The van der Waals surface area contributed by atoms with Crippen LogP contribution >= 0.6 is 0 Å². The summed E-state index contributed by atoms with van der Waals surface area (Å²) in [5.74, 6) is -0.131. The van der Waals surface area contributed by atoms with Gasteiger partial charge in [0.25, 0.3) is 5.91 Å². The molecule has 3 aromatic rings. The molecule has 0 saturated carbocycles. The van der Waals surface area contributed by atoms with Crippen molar-refractivity contribution in [2.45, 2.75) is 20.8 Å². The van der Waals surface area contributed by atoms with Crippen LogP contribution in [0.15, 0.2) is 54.6 Å². The number of nitrogens with zero attached hydrogens (tertiary/aromatic N) is 2. The van der Waals surface area contributed by atoms with Gasteiger partial charge in [-0.05, 0) is 60.9 Å². The van der Waals surface area contributed by atoms with Gasteiger partial charge < -0.3 is 5.32 Å². The van der Waals surface area contributed by atoms with Crippen molar-refractivity contribution in [2.75, 3.05) is 6.54 Å². The summed E-state index contributed by atoms with van der Waals surface area (Å²) in [7, 11) is 0. The summed E-state index contributed by atoms with van der Waals surface area (Å²) in [6.45, 7) is 6.67. The molecule has 0 spiro atoms. The zero-order valence-corrected chi connectivity index (χ0v) is 15.2. The number of aromatic nitrogens is 2. The number of carbonyl (C=O) groups excluding carboxylic acids is 1. The van der Waals surface area contributed by atoms with Crippen molar-refractivity contribution in [3.63, 3.8) is 0 Å². The molecule has 26 heavy (non-hydrogen) atoms. The molecule has 0 aliphatic heterocycles. The van der Waals surface area contributed by atoms with Crippen LogP contribution in [0.3, 0.4) is 0 Å². The third-order valence-corrected chi connectivity index (χ3v) is 4.00. The number of rotatable bonds is 5. The monoisotopic (exact) mass is 351 g/mol. The molecule has 1 heterocycles. The summed E-state index contributed by atoms with van der Waals surface area (Å²) in [6.07, 6.45) is 0. The zero-order chi connectivity index (χ0) is 18.7. The third-order valence-electron chi connectivity index (χ3n) is 4.00. The Bertz CT molecular complexity index is 913. The van der Waals surface area contributed by atoms with Gasteiger partial charge in [0.1, 0.15) is 11.5 Å². The van der Waals surface area contributed by atoms with Gasteiger partial charge in [0, 0.05) is 12.1 Å². The van der Waals surface area contributed by atoms with Crippen molar-refractivity contribution in [3.8, 4) is 16.9 Å². The minimum Gasteiger partial charge on any atom is -0.350 e. The first-order valence-corrected chi connectivity index (χ1v) is 8.65. The minimum atomic E-state index is -0.304. The first kappa shape index (κ1) is 17.9. The van der Waals surface area contributed by atoms with E-state index < -0.39 is 0 Å². The van der Waals surface area contributed by atoms with E-state index in [9.17, 15) is 9.18 Å². The summed E-state index contributed by atoms with van der Waals surface area (Å²) in [5.41, 5.74) is 3.73. The first-order chi connectivity index (χ1) is 12.4. The van der Waals surface area contributed by atoms with Crippen molar-refractivity contribution in [2.24, 2.45) is 5.92 Å². The molecule has 1 aromatic heterocycles. The summed E-state index contributed by atoms with van der Waals surface area (Å²) in [6, 6.07) is 15.6. The van der Waals surface area contributed by atoms with E-state index >= 15 is 0 Å². The lowest BCUT2D eigenvalue weighted by Gasteiger charge is -2.10. The fourth-order valence-electron chi connectivity index (χ4n) is 2.65. The lowest BCUT2D eigenvalue weighted by atomic mass is 10.1. The average molecular weight is 351 g/mol. The highest BCUT2D eigenvalue weighted by molar-refractivity contribution is 5.94. The highest BCUT2D eigenvalue weighted by Gasteiger charge is 2.18. The lowest BCUT2D eigenvalue weighted by molar-refractivity contribution is 0.0941. The number of halogens is 1. The Kier molecular flexibility index (Phi) is 5.16. The van der Waals surface area contributed by atoms with Crippen LogP contribution in [0.2, 0.25) is 0 Å². The Balaban J connectivity index is 2.05. The number of aryl methyl sites for hydroxylation is 1. The van der Waals surface area contributed by atoms with Gasteiger partial charge in [-0.1, -0.05) is 26.0 Å². The molecule has 0 saturated heterocycles. The molecular formula is C21H22FN3O. The topological polar surface area (TPSA) is 46.9 Å². The Morgan fingerprint density at radius 2 is 1.88 bits per heavy atom. The lowest BCUT2D eigenvalue weighted by Crippen LogP contribution is -2.29. The molecule has 0 aliphatic carbocycles. The normalized spacial score (nSPS) is 11.0. The van der Waals surface area contributed by atoms with Gasteiger partial charge in [0.15, 0.2) is 0 Å². The standard InChI is InChI=1S/C21H22FN3O/c1-14(2)13-23-21(26)20-12-19(16-7-9-17(22)10-8-16)24-25(20)18-6-4-5-15(3)11-18/h4-12,14H,13H2,1-3H3,(H,23,26). The van der Waals surface area contributed by atoms with Gasteiger partial charge in [-0.3, -0.25) is 4.79 Å². The van der Waals surface area contributed by atoms with Crippen LogP contribution in [0.1, 0.15) is 29.9 Å². The quantitative estimate of drug-likeness (QED) is 0.742. The van der Waals surface area contributed by atoms with E-state index in [-0.39, 0.29) is 11.7 Å². The zero-order valence-electron chi connectivity index (χ0n) is 15.2. The number of nitrogens with one attached hydrogen (secondary N) is 1. The molecule has 0 aliphatic rings. The van der Waals surface area contributed by atoms with Crippen LogP contribution in [0.4, 0.5) is 4.39 Å². The Morgan fingerprint density at radius 3 is 2.54 bits per heavy atom. The number of hydrogen-bond donors (Lipinski definition) is 1. The predicted molar refractivity (Wildman–Crippen MR) is 101 cm³/mol. The van der Waals surface area contributed by atoms with Crippen LogP contribution in [0, 0.1) is 18.7 Å². The van der Waals surface area contributed by atoms with Crippen LogP contribution in [-0.4, -0.2) is 22.2 Å². The molecule has 134 valence electrons. The maximum absolute atomic E-state index is 13.2. The third kappa shape index (κ3) is 3.99. The van der Waals surface area contributed by atoms with E-state index in [1.807, 2.05) is 45.0 Å². The first-order valence-electron chi connectivity index (χ1n) is 8.65. The second-order valence-electron chi connectivity index (χ2n) is 6.78. The van der Waals surface area contributed by atoms with Crippen molar-refractivity contribution in [1.82, 2.24) is 15.1 Å². The van der Waals surface area contributed by atoms with E-state index in [0.29, 0.717) is 23.9 Å². The van der Waals surface area contributed by atoms with E-state index in [1.54, 1.807) is 22.9 Å². The highest BCUT2D eigenvalue weighted by Crippen LogP contribution is 2.22. The fourth-order valence-corrected chi connectivity index (χ4v) is 2.65. The molecule has 0 radical (unpaired) electrons. The Hall–Kier alpha value is -2.95. The summed E-state index contributed by atoms with van der Waals surface area (Å²) < 4.78 is 14.9. The van der Waals surface area contributed by atoms with Gasteiger partial charge in [0.2, 0.25) is 0 Å². The molecular weight excluding hydrogens is 329 g/mol. The predicted octanol–water partition coefficient (Wildman–Crippen LogP) is 4.37. The molecule has 4 nitrogen and oxygen atoms in total. The van der Waals surface area contributed by atoms with Crippen LogP contribution in [-0.2, 0) is 0 Å². The van der Waals surface area contributed by atoms with E-state index in [1.165, 1.54) is 12.1 Å². The van der Waals surface area contributed by atoms with E-state index in [0.717, 1.165) is 16.8 Å². The maximum atomic E-state index is 13.2. The smallest absolute Gasteiger partial charge is 0.270 e. The van der Waals surface area contributed by atoms with Gasteiger partial charge in [-0.2, -0.15) is 5.10 Å². The highest BCUT2D eigenvalue weighted by atomic mass is 19.1. The largest absolute Gasteiger partial charge is 0.350 e. The molecule has 3 rings (SSSR count). The second-order valence-corrected chi connectivity index (χ2v) is 6.78. The van der Waals surface area contributed by atoms with Gasteiger partial charge in [-0.15, -0.1) is 0 Å². The fraction of sp³-hybridized carbons (Fsp3) is 0.238.